The predicted molar refractivity (Wildman–Crippen MR) is 85.5 cm³/mol. The van der Waals surface area contributed by atoms with Crippen molar-refractivity contribution in [2.75, 3.05) is 11.4 Å². The zero-order valence-electron chi connectivity index (χ0n) is 13.3. The summed E-state index contributed by atoms with van der Waals surface area (Å²) in [5.74, 6) is -1.94. The lowest BCUT2D eigenvalue weighted by atomic mass is 9.75. The highest BCUT2D eigenvalue weighted by Crippen LogP contribution is 2.47. The van der Waals surface area contributed by atoms with Crippen LogP contribution in [0.1, 0.15) is 23.6 Å². The standard InChI is InChI=1S/C18H16F2N2O2/c1-10-13(20)7-8-14-16(10)18(2,11-3-5-12(19)6-4-11)17(24)22(14)9-15(21)23/h3-8H,9H2,1-2H3,(H2,21,23)/t18-/m1/s1. The quantitative estimate of drug-likeness (QED) is 0.939. The molecule has 24 heavy (non-hydrogen) atoms. The summed E-state index contributed by atoms with van der Waals surface area (Å²) in [6, 6.07) is 8.21. The number of primary amides is 1. The molecule has 0 fully saturated rings. The van der Waals surface area contributed by atoms with Crippen molar-refractivity contribution in [3.63, 3.8) is 0 Å². The van der Waals surface area contributed by atoms with Crippen LogP contribution < -0.4 is 10.6 Å². The molecule has 0 aliphatic carbocycles. The second-order valence-corrected chi connectivity index (χ2v) is 6.06. The molecular formula is C18H16F2N2O2. The van der Waals surface area contributed by atoms with E-state index in [1.807, 2.05) is 0 Å². The Morgan fingerprint density at radius 3 is 2.38 bits per heavy atom. The molecule has 0 aromatic heterocycles. The average molecular weight is 330 g/mol. The van der Waals surface area contributed by atoms with Crippen LogP contribution in [-0.2, 0) is 15.0 Å². The molecule has 0 spiro atoms. The van der Waals surface area contributed by atoms with Crippen LogP contribution >= 0.6 is 0 Å². The van der Waals surface area contributed by atoms with Crippen molar-refractivity contribution in [2.45, 2.75) is 19.3 Å². The van der Waals surface area contributed by atoms with Crippen molar-refractivity contribution in [3.05, 3.63) is 64.7 Å². The largest absolute Gasteiger partial charge is 0.368 e. The van der Waals surface area contributed by atoms with E-state index in [-0.39, 0.29) is 6.54 Å². The maximum absolute atomic E-state index is 14.1. The van der Waals surface area contributed by atoms with Crippen LogP contribution in [0.4, 0.5) is 14.5 Å². The molecule has 1 aliphatic rings. The molecule has 3 rings (SSSR count). The number of amides is 2. The Morgan fingerprint density at radius 2 is 1.79 bits per heavy atom. The molecule has 1 heterocycles. The molecule has 1 aliphatic heterocycles. The predicted octanol–water partition coefficient (Wildman–Crippen LogP) is 2.41. The summed E-state index contributed by atoms with van der Waals surface area (Å²) in [6.45, 7) is 2.93. The first-order valence-electron chi connectivity index (χ1n) is 7.42. The minimum Gasteiger partial charge on any atom is -0.368 e. The Balaban J connectivity index is 2.28. The number of rotatable bonds is 3. The number of nitrogens with two attached hydrogens (primary N) is 1. The van der Waals surface area contributed by atoms with Gasteiger partial charge >= 0.3 is 0 Å². The number of hydrogen-bond acceptors (Lipinski definition) is 2. The molecule has 6 heteroatoms. The number of fused-ring (bicyclic) bond motifs is 1. The molecule has 2 aromatic rings. The lowest BCUT2D eigenvalue weighted by Crippen LogP contribution is -2.43. The Kier molecular flexibility index (Phi) is 3.63. The van der Waals surface area contributed by atoms with Crippen molar-refractivity contribution >= 4 is 17.5 Å². The molecule has 2 amide bonds. The highest BCUT2D eigenvalue weighted by Gasteiger charge is 2.50. The van der Waals surface area contributed by atoms with Crippen LogP contribution in [0, 0.1) is 18.6 Å². The maximum Gasteiger partial charge on any atom is 0.242 e. The summed E-state index contributed by atoms with van der Waals surface area (Å²) in [7, 11) is 0. The number of nitrogens with zero attached hydrogens (tertiary/aromatic N) is 1. The fourth-order valence-corrected chi connectivity index (χ4v) is 3.38. The Labute approximate surface area is 137 Å². The summed E-state index contributed by atoms with van der Waals surface area (Å²) in [5, 5.41) is 0. The third-order valence-electron chi connectivity index (χ3n) is 4.58. The number of halogens is 2. The van der Waals surface area contributed by atoms with E-state index in [1.54, 1.807) is 13.8 Å². The lowest BCUT2D eigenvalue weighted by molar-refractivity contribution is -0.124. The number of carbonyl (C=O) groups excluding carboxylic acids is 2. The highest BCUT2D eigenvalue weighted by molar-refractivity contribution is 6.12. The van der Waals surface area contributed by atoms with Gasteiger partial charge in [0.15, 0.2) is 0 Å². The molecule has 0 bridgehead atoms. The van der Waals surface area contributed by atoms with E-state index in [9.17, 15) is 18.4 Å². The van der Waals surface area contributed by atoms with Crippen LogP contribution in [0.3, 0.4) is 0 Å². The molecule has 4 nitrogen and oxygen atoms in total. The molecule has 0 saturated heterocycles. The van der Waals surface area contributed by atoms with Crippen molar-refractivity contribution in [2.24, 2.45) is 5.73 Å². The van der Waals surface area contributed by atoms with Gasteiger partial charge in [0.25, 0.3) is 0 Å². The van der Waals surface area contributed by atoms with Crippen LogP contribution in [0.25, 0.3) is 0 Å². The first-order valence-corrected chi connectivity index (χ1v) is 7.42. The van der Waals surface area contributed by atoms with Gasteiger partial charge in [-0.1, -0.05) is 12.1 Å². The average Bonchev–Trinajstić information content (AvgIpc) is 2.74. The fourth-order valence-electron chi connectivity index (χ4n) is 3.38. The monoisotopic (exact) mass is 330 g/mol. The van der Waals surface area contributed by atoms with Gasteiger partial charge in [-0.25, -0.2) is 8.78 Å². The number of benzene rings is 2. The molecule has 0 saturated carbocycles. The molecule has 2 N–H and O–H groups in total. The second kappa shape index (κ2) is 5.40. The zero-order chi connectivity index (χ0) is 17.6. The van der Waals surface area contributed by atoms with E-state index in [0.717, 1.165) is 0 Å². The number of anilines is 1. The minimum atomic E-state index is -1.22. The molecule has 0 radical (unpaired) electrons. The zero-order valence-corrected chi connectivity index (χ0v) is 13.3. The first kappa shape index (κ1) is 16.1. The van der Waals surface area contributed by atoms with Gasteiger partial charge in [0.1, 0.15) is 18.2 Å². The van der Waals surface area contributed by atoms with E-state index in [4.69, 9.17) is 5.73 Å². The maximum atomic E-state index is 14.1. The van der Waals surface area contributed by atoms with Gasteiger partial charge in [-0.3, -0.25) is 9.59 Å². The van der Waals surface area contributed by atoms with Crippen molar-refractivity contribution in [1.29, 1.82) is 0 Å². The van der Waals surface area contributed by atoms with Gasteiger partial charge in [-0.05, 0) is 49.2 Å². The van der Waals surface area contributed by atoms with Crippen molar-refractivity contribution < 1.29 is 18.4 Å². The van der Waals surface area contributed by atoms with Gasteiger partial charge in [0.05, 0.1) is 5.41 Å². The Bertz CT molecular complexity index is 849. The molecular weight excluding hydrogens is 314 g/mol. The highest BCUT2D eigenvalue weighted by atomic mass is 19.1. The summed E-state index contributed by atoms with van der Waals surface area (Å²) in [4.78, 5) is 25.7. The topological polar surface area (TPSA) is 63.4 Å². The van der Waals surface area contributed by atoms with E-state index in [1.165, 1.54) is 41.3 Å². The molecule has 0 unspecified atom stereocenters. The van der Waals surface area contributed by atoms with E-state index < -0.39 is 28.9 Å². The van der Waals surface area contributed by atoms with Gasteiger partial charge < -0.3 is 10.6 Å². The van der Waals surface area contributed by atoms with Crippen molar-refractivity contribution in [1.82, 2.24) is 0 Å². The second-order valence-electron chi connectivity index (χ2n) is 6.06. The van der Waals surface area contributed by atoms with Crippen LogP contribution in [-0.4, -0.2) is 18.4 Å². The van der Waals surface area contributed by atoms with Crippen molar-refractivity contribution in [3.8, 4) is 0 Å². The molecule has 1 atom stereocenters. The van der Waals surface area contributed by atoms with Gasteiger partial charge in [-0.15, -0.1) is 0 Å². The third kappa shape index (κ3) is 2.18. The minimum absolute atomic E-state index is 0.298. The van der Waals surface area contributed by atoms with E-state index in [0.29, 0.717) is 22.4 Å². The third-order valence-corrected chi connectivity index (χ3v) is 4.58. The Morgan fingerprint density at radius 1 is 1.17 bits per heavy atom. The van der Waals surface area contributed by atoms with Gasteiger partial charge in [-0.2, -0.15) is 0 Å². The van der Waals surface area contributed by atoms with E-state index >= 15 is 0 Å². The number of carbonyl (C=O) groups is 2. The normalized spacial score (nSPS) is 19.5. The van der Waals surface area contributed by atoms with E-state index in [2.05, 4.69) is 0 Å². The molecule has 124 valence electrons. The van der Waals surface area contributed by atoms with Crippen LogP contribution in [0.2, 0.25) is 0 Å². The van der Waals surface area contributed by atoms with Crippen LogP contribution in [0.15, 0.2) is 36.4 Å². The smallest absolute Gasteiger partial charge is 0.242 e. The number of hydrogen-bond donors (Lipinski definition) is 1. The summed E-state index contributed by atoms with van der Waals surface area (Å²) in [5.41, 5.74) is 5.80. The Hall–Kier alpha value is -2.76. The summed E-state index contributed by atoms with van der Waals surface area (Å²) >= 11 is 0. The van der Waals surface area contributed by atoms with Gasteiger partial charge in [0.2, 0.25) is 11.8 Å². The SMILES string of the molecule is Cc1c(F)ccc2c1[C@@](C)(c1ccc(F)cc1)C(=O)N2CC(N)=O. The molecule has 2 aromatic carbocycles. The summed E-state index contributed by atoms with van der Waals surface area (Å²) in [6.07, 6.45) is 0. The van der Waals surface area contributed by atoms with Crippen LogP contribution in [0.5, 0.6) is 0 Å². The lowest BCUT2D eigenvalue weighted by Gasteiger charge is -2.25. The fraction of sp³-hybridized carbons (Fsp3) is 0.222. The summed E-state index contributed by atoms with van der Waals surface area (Å²) < 4.78 is 27.4. The van der Waals surface area contributed by atoms with Gasteiger partial charge in [0, 0.05) is 11.3 Å². The first-order chi connectivity index (χ1) is 11.3.